The summed E-state index contributed by atoms with van der Waals surface area (Å²) in [4.78, 5) is 2.41. The van der Waals surface area contributed by atoms with Crippen molar-refractivity contribution in [2.45, 2.75) is 37.3 Å². The van der Waals surface area contributed by atoms with Crippen molar-refractivity contribution >= 4 is 0 Å². The van der Waals surface area contributed by atoms with E-state index in [1.54, 1.807) is 0 Å². The molecule has 1 N–H and O–H groups in total. The molecule has 1 saturated heterocycles. The highest BCUT2D eigenvalue weighted by Crippen LogP contribution is 2.34. The molecular weight excluding hydrogens is 176 g/mol. The molecule has 1 heterocycles. The van der Waals surface area contributed by atoms with E-state index >= 15 is 0 Å². The molecule has 2 aliphatic rings. The Morgan fingerprint density at radius 1 is 1.36 bits per heavy atom. The monoisotopic (exact) mass is 198 g/mol. The fourth-order valence-electron chi connectivity index (χ4n) is 2.77. The van der Waals surface area contributed by atoms with Gasteiger partial charge in [0.15, 0.2) is 0 Å². The van der Waals surface area contributed by atoms with Gasteiger partial charge in [0.05, 0.1) is 12.2 Å². The molecule has 0 amide bonds. The summed E-state index contributed by atoms with van der Waals surface area (Å²) in [5.41, 5.74) is 0.195. The van der Waals surface area contributed by atoms with Gasteiger partial charge in [-0.2, -0.15) is 0 Å². The molecule has 1 aliphatic carbocycles. The fraction of sp³-hybridized carbons (Fsp3) is 1.00. The third kappa shape index (κ3) is 2.10. The number of likely N-dealkylation sites (N-methyl/N-ethyl adjacent to an activating group) is 1. The van der Waals surface area contributed by atoms with Crippen LogP contribution in [0.2, 0.25) is 0 Å². The molecule has 0 aromatic heterocycles. The molecule has 2 rings (SSSR count). The Hall–Kier alpha value is -0.120. The Morgan fingerprint density at radius 2 is 2.07 bits per heavy atom. The zero-order valence-electron chi connectivity index (χ0n) is 9.38. The van der Waals surface area contributed by atoms with Crippen LogP contribution in [0.3, 0.4) is 0 Å². The zero-order chi connectivity index (χ0) is 10.0. The van der Waals surface area contributed by atoms with Crippen LogP contribution in [0.1, 0.15) is 25.7 Å². The van der Waals surface area contributed by atoms with Crippen LogP contribution in [0, 0.1) is 0 Å². The van der Waals surface area contributed by atoms with Crippen LogP contribution in [0.4, 0.5) is 0 Å². The van der Waals surface area contributed by atoms with Crippen molar-refractivity contribution in [2.75, 3.05) is 33.8 Å². The maximum Gasteiger partial charge on any atom is 0.0810 e. The van der Waals surface area contributed by atoms with Crippen LogP contribution in [0.5, 0.6) is 0 Å². The summed E-state index contributed by atoms with van der Waals surface area (Å²) < 4.78 is 6.00. The SMILES string of the molecule is CNC1CCC2(CC1)CN(C)CCO2. The normalized spacial score (nSPS) is 40.3. The van der Waals surface area contributed by atoms with Gasteiger partial charge in [-0.25, -0.2) is 0 Å². The van der Waals surface area contributed by atoms with Crippen molar-refractivity contribution in [1.82, 2.24) is 10.2 Å². The Kier molecular flexibility index (Phi) is 3.10. The van der Waals surface area contributed by atoms with E-state index in [-0.39, 0.29) is 5.60 Å². The van der Waals surface area contributed by atoms with Gasteiger partial charge in [-0.15, -0.1) is 0 Å². The smallest absolute Gasteiger partial charge is 0.0810 e. The molecule has 0 aromatic rings. The minimum absolute atomic E-state index is 0.195. The summed E-state index contributed by atoms with van der Waals surface area (Å²) in [6, 6.07) is 0.719. The van der Waals surface area contributed by atoms with E-state index in [9.17, 15) is 0 Å². The Bertz CT molecular complexity index is 188. The van der Waals surface area contributed by atoms with Gasteiger partial charge >= 0.3 is 0 Å². The lowest BCUT2D eigenvalue weighted by atomic mass is 9.81. The zero-order valence-corrected chi connectivity index (χ0v) is 9.38. The number of hydrogen-bond acceptors (Lipinski definition) is 3. The Balaban J connectivity index is 1.91. The Labute approximate surface area is 86.8 Å². The number of ether oxygens (including phenoxy) is 1. The van der Waals surface area contributed by atoms with Crippen LogP contribution in [-0.4, -0.2) is 50.3 Å². The van der Waals surface area contributed by atoms with E-state index in [1.165, 1.54) is 25.7 Å². The highest BCUT2D eigenvalue weighted by atomic mass is 16.5. The summed E-state index contributed by atoms with van der Waals surface area (Å²) >= 11 is 0. The first-order chi connectivity index (χ1) is 6.74. The second kappa shape index (κ2) is 4.17. The third-order valence-electron chi connectivity index (χ3n) is 3.74. The number of morpholine rings is 1. The number of rotatable bonds is 1. The average molecular weight is 198 g/mol. The molecular formula is C11H22N2O. The summed E-state index contributed by atoms with van der Waals surface area (Å²) in [6.45, 7) is 3.14. The number of nitrogens with zero attached hydrogens (tertiary/aromatic N) is 1. The molecule has 0 aromatic carbocycles. The van der Waals surface area contributed by atoms with Crippen molar-refractivity contribution in [2.24, 2.45) is 0 Å². The molecule has 14 heavy (non-hydrogen) atoms. The fourth-order valence-corrected chi connectivity index (χ4v) is 2.77. The van der Waals surface area contributed by atoms with E-state index in [0.29, 0.717) is 0 Å². The van der Waals surface area contributed by atoms with Crippen molar-refractivity contribution in [3.8, 4) is 0 Å². The quantitative estimate of drug-likeness (QED) is 0.676. The topological polar surface area (TPSA) is 24.5 Å². The standard InChI is InChI=1S/C11H22N2O/c1-12-10-3-5-11(6-4-10)9-13(2)7-8-14-11/h10,12H,3-9H2,1-2H3. The number of hydrogen-bond donors (Lipinski definition) is 1. The summed E-state index contributed by atoms with van der Waals surface area (Å²) in [6.07, 6.45) is 4.99. The lowest BCUT2D eigenvalue weighted by Gasteiger charge is -2.45. The van der Waals surface area contributed by atoms with Gasteiger partial charge in [-0.05, 0) is 39.8 Å². The largest absolute Gasteiger partial charge is 0.372 e. The molecule has 3 nitrogen and oxygen atoms in total. The lowest BCUT2D eigenvalue weighted by molar-refractivity contribution is -0.124. The van der Waals surface area contributed by atoms with E-state index in [2.05, 4.69) is 24.3 Å². The first-order valence-electron chi connectivity index (χ1n) is 5.74. The molecule has 82 valence electrons. The predicted octanol–water partition coefficient (Wildman–Crippen LogP) is 0.849. The lowest BCUT2D eigenvalue weighted by Crippen LogP contribution is -2.53. The molecule has 0 radical (unpaired) electrons. The number of nitrogens with one attached hydrogen (secondary N) is 1. The summed E-state index contributed by atoms with van der Waals surface area (Å²) in [7, 11) is 4.27. The second-order valence-electron chi connectivity index (χ2n) is 4.83. The van der Waals surface area contributed by atoms with Crippen molar-refractivity contribution in [3.05, 3.63) is 0 Å². The highest BCUT2D eigenvalue weighted by Gasteiger charge is 2.38. The van der Waals surface area contributed by atoms with E-state index in [4.69, 9.17) is 4.74 Å². The Morgan fingerprint density at radius 3 is 2.64 bits per heavy atom. The predicted molar refractivity (Wildman–Crippen MR) is 57.5 cm³/mol. The van der Waals surface area contributed by atoms with Gasteiger partial charge in [-0.3, -0.25) is 0 Å². The van der Waals surface area contributed by atoms with Gasteiger partial charge in [0.2, 0.25) is 0 Å². The van der Waals surface area contributed by atoms with Crippen LogP contribution < -0.4 is 5.32 Å². The summed E-state index contributed by atoms with van der Waals surface area (Å²) in [5.74, 6) is 0. The van der Waals surface area contributed by atoms with Gasteiger partial charge in [-0.1, -0.05) is 0 Å². The maximum absolute atomic E-state index is 6.00. The van der Waals surface area contributed by atoms with Crippen LogP contribution >= 0.6 is 0 Å². The first-order valence-corrected chi connectivity index (χ1v) is 5.74. The molecule has 1 aliphatic heterocycles. The molecule has 2 fully saturated rings. The minimum atomic E-state index is 0.195. The average Bonchev–Trinajstić information content (AvgIpc) is 2.19. The van der Waals surface area contributed by atoms with Gasteiger partial charge < -0.3 is 15.0 Å². The van der Waals surface area contributed by atoms with Crippen molar-refractivity contribution in [1.29, 1.82) is 0 Å². The van der Waals surface area contributed by atoms with Crippen LogP contribution in [0.25, 0.3) is 0 Å². The molecule has 3 heteroatoms. The van der Waals surface area contributed by atoms with E-state index in [1.807, 2.05) is 0 Å². The van der Waals surface area contributed by atoms with Gasteiger partial charge in [0.25, 0.3) is 0 Å². The van der Waals surface area contributed by atoms with Crippen LogP contribution in [-0.2, 0) is 4.74 Å². The third-order valence-corrected chi connectivity index (χ3v) is 3.74. The van der Waals surface area contributed by atoms with Crippen molar-refractivity contribution < 1.29 is 4.74 Å². The second-order valence-corrected chi connectivity index (χ2v) is 4.83. The van der Waals surface area contributed by atoms with E-state index < -0.39 is 0 Å². The minimum Gasteiger partial charge on any atom is -0.372 e. The van der Waals surface area contributed by atoms with Gasteiger partial charge in [0, 0.05) is 19.1 Å². The van der Waals surface area contributed by atoms with Crippen LogP contribution in [0.15, 0.2) is 0 Å². The molecule has 1 spiro atoms. The maximum atomic E-state index is 6.00. The first kappa shape index (κ1) is 10.4. The molecule has 0 unspecified atom stereocenters. The molecule has 1 saturated carbocycles. The van der Waals surface area contributed by atoms with Crippen molar-refractivity contribution in [3.63, 3.8) is 0 Å². The molecule has 0 atom stereocenters. The summed E-state index contributed by atoms with van der Waals surface area (Å²) in [5, 5.41) is 3.37. The van der Waals surface area contributed by atoms with Gasteiger partial charge in [0.1, 0.15) is 0 Å². The highest BCUT2D eigenvalue weighted by molar-refractivity contribution is 4.93. The molecule has 0 bridgehead atoms. The van der Waals surface area contributed by atoms with E-state index in [0.717, 1.165) is 25.7 Å².